The van der Waals surface area contributed by atoms with Crippen LogP contribution in [0.2, 0.25) is 0 Å². The SMILES string of the molecule is Cc1cc(/C=C2\SC(=O)NC2=O)cn1-c1ccccc1. The van der Waals surface area contributed by atoms with Crippen molar-refractivity contribution in [2.75, 3.05) is 0 Å². The molecule has 2 heterocycles. The molecule has 1 aliphatic rings. The van der Waals surface area contributed by atoms with E-state index < -0.39 is 0 Å². The van der Waals surface area contributed by atoms with Crippen LogP contribution in [0.1, 0.15) is 11.3 Å². The molecule has 0 unspecified atom stereocenters. The Balaban J connectivity index is 1.96. The fourth-order valence-electron chi connectivity index (χ4n) is 2.12. The van der Waals surface area contributed by atoms with E-state index >= 15 is 0 Å². The van der Waals surface area contributed by atoms with Crippen molar-refractivity contribution in [3.8, 4) is 5.69 Å². The van der Waals surface area contributed by atoms with Crippen LogP contribution in [0.3, 0.4) is 0 Å². The van der Waals surface area contributed by atoms with Gasteiger partial charge in [-0.05, 0) is 48.5 Å². The second-order valence-corrected chi connectivity index (χ2v) is 5.49. The highest BCUT2D eigenvalue weighted by Crippen LogP contribution is 2.26. The number of thioether (sulfide) groups is 1. The van der Waals surface area contributed by atoms with Gasteiger partial charge in [0.05, 0.1) is 4.91 Å². The molecule has 4 nitrogen and oxygen atoms in total. The molecule has 0 aliphatic carbocycles. The Bertz CT molecular complexity index is 717. The molecule has 2 aromatic rings. The highest BCUT2D eigenvalue weighted by Gasteiger charge is 2.25. The molecule has 1 aromatic carbocycles. The molecule has 100 valence electrons. The summed E-state index contributed by atoms with van der Waals surface area (Å²) in [7, 11) is 0. The van der Waals surface area contributed by atoms with Crippen LogP contribution < -0.4 is 5.32 Å². The van der Waals surface area contributed by atoms with Crippen molar-refractivity contribution in [2.24, 2.45) is 0 Å². The van der Waals surface area contributed by atoms with Crippen LogP contribution in [0.25, 0.3) is 11.8 Å². The zero-order chi connectivity index (χ0) is 14.1. The number of imide groups is 1. The van der Waals surface area contributed by atoms with E-state index in [0.717, 1.165) is 28.7 Å². The maximum absolute atomic E-state index is 11.5. The summed E-state index contributed by atoms with van der Waals surface area (Å²) in [5.74, 6) is -0.329. The number of nitrogens with one attached hydrogen (secondary N) is 1. The van der Waals surface area contributed by atoms with Crippen LogP contribution in [0.15, 0.2) is 47.5 Å². The summed E-state index contributed by atoms with van der Waals surface area (Å²) < 4.78 is 2.05. The first-order valence-electron chi connectivity index (χ1n) is 6.13. The summed E-state index contributed by atoms with van der Waals surface area (Å²) in [6, 6.07) is 11.9. The van der Waals surface area contributed by atoms with Crippen molar-refractivity contribution >= 4 is 29.0 Å². The van der Waals surface area contributed by atoms with Gasteiger partial charge in [-0.15, -0.1) is 0 Å². The number of hydrogen-bond acceptors (Lipinski definition) is 3. The van der Waals surface area contributed by atoms with E-state index in [9.17, 15) is 9.59 Å². The number of para-hydroxylation sites is 1. The van der Waals surface area contributed by atoms with Gasteiger partial charge in [-0.25, -0.2) is 0 Å². The second kappa shape index (κ2) is 5.02. The number of rotatable bonds is 2. The largest absolute Gasteiger partial charge is 0.321 e. The van der Waals surface area contributed by atoms with Crippen LogP contribution in [-0.2, 0) is 4.79 Å². The van der Waals surface area contributed by atoms with Crippen molar-refractivity contribution in [3.63, 3.8) is 0 Å². The molecule has 1 aliphatic heterocycles. The molecule has 1 N–H and O–H groups in total. The van der Waals surface area contributed by atoms with Crippen molar-refractivity contribution in [1.82, 2.24) is 9.88 Å². The van der Waals surface area contributed by atoms with Gasteiger partial charge in [0.1, 0.15) is 0 Å². The molecule has 5 heteroatoms. The lowest BCUT2D eigenvalue weighted by Crippen LogP contribution is -2.17. The molecule has 3 rings (SSSR count). The van der Waals surface area contributed by atoms with E-state index in [1.807, 2.05) is 54.1 Å². The molecular weight excluding hydrogens is 272 g/mol. The zero-order valence-electron chi connectivity index (χ0n) is 10.8. The van der Waals surface area contributed by atoms with Gasteiger partial charge in [0.15, 0.2) is 0 Å². The summed E-state index contributed by atoms with van der Waals surface area (Å²) in [6.07, 6.45) is 3.69. The number of carbonyl (C=O) groups is 2. The molecule has 0 spiro atoms. The zero-order valence-corrected chi connectivity index (χ0v) is 11.6. The summed E-state index contributed by atoms with van der Waals surface area (Å²) in [5.41, 5.74) is 3.03. The molecular formula is C15H12N2O2S. The number of benzene rings is 1. The van der Waals surface area contributed by atoms with Crippen LogP contribution in [0, 0.1) is 6.92 Å². The Morgan fingerprint density at radius 1 is 1.20 bits per heavy atom. The van der Waals surface area contributed by atoms with Crippen molar-refractivity contribution in [1.29, 1.82) is 0 Å². The fraction of sp³-hybridized carbons (Fsp3) is 0.0667. The maximum atomic E-state index is 11.5. The third-order valence-corrected chi connectivity index (χ3v) is 3.82. The minimum atomic E-state index is -0.329. The smallest absolute Gasteiger partial charge is 0.290 e. The fourth-order valence-corrected chi connectivity index (χ4v) is 2.80. The quantitative estimate of drug-likeness (QED) is 0.862. The highest BCUT2D eigenvalue weighted by molar-refractivity contribution is 8.18. The van der Waals surface area contributed by atoms with Crippen molar-refractivity contribution < 1.29 is 9.59 Å². The van der Waals surface area contributed by atoms with E-state index in [1.54, 1.807) is 6.08 Å². The van der Waals surface area contributed by atoms with E-state index in [4.69, 9.17) is 0 Å². The van der Waals surface area contributed by atoms with Gasteiger partial charge < -0.3 is 4.57 Å². The first kappa shape index (κ1) is 12.7. The highest BCUT2D eigenvalue weighted by atomic mass is 32.2. The predicted octanol–water partition coefficient (Wildman–Crippen LogP) is 3.11. The van der Waals surface area contributed by atoms with Gasteiger partial charge in [0.25, 0.3) is 11.1 Å². The summed E-state index contributed by atoms with van der Waals surface area (Å²) in [5, 5.41) is 1.93. The first-order valence-corrected chi connectivity index (χ1v) is 6.94. The van der Waals surface area contributed by atoms with Gasteiger partial charge in [-0.3, -0.25) is 14.9 Å². The van der Waals surface area contributed by atoms with Crippen LogP contribution >= 0.6 is 11.8 Å². The Hall–Kier alpha value is -2.27. The Kier molecular flexibility index (Phi) is 3.20. The summed E-state index contributed by atoms with van der Waals surface area (Å²) in [6.45, 7) is 2.00. The number of aromatic nitrogens is 1. The Morgan fingerprint density at radius 2 is 1.95 bits per heavy atom. The van der Waals surface area contributed by atoms with Gasteiger partial charge in [0, 0.05) is 17.6 Å². The third kappa shape index (κ3) is 2.40. The van der Waals surface area contributed by atoms with Crippen LogP contribution in [0.4, 0.5) is 4.79 Å². The number of hydrogen-bond donors (Lipinski definition) is 1. The lowest BCUT2D eigenvalue weighted by molar-refractivity contribution is -0.115. The number of amides is 2. The monoisotopic (exact) mass is 284 g/mol. The molecule has 0 saturated carbocycles. The molecule has 1 saturated heterocycles. The summed E-state index contributed by atoms with van der Waals surface area (Å²) >= 11 is 0.932. The molecule has 1 aromatic heterocycles. The third-order valence-electron chi connectivity index (χ3n) is 3.01. The Labute approximate surface area is 120 Å². The number of aryl methyl sites for hydroxylation is 1. The minimum Gasteiger partial charge on any atom is -0.321 e. The molecule has 20 heavy (non-hydrogen) atoms. The van der Waals surface area contributed by atoms with Crippen LogP contribution in [0.5, 0.6) is 0 Å². The van der Waals surface area contributed by atoms with E-state index in [0.29, 0.717) is 4.91 Å². The number of nitrogens with zero attached hydrogens (tertiary/aromatic N) is 1. The average molecular weight is 284 g/mol. The van der Waals surface area contributed by atoms with Crippen LogP contribution in [-0.4, -0.2) is 15.7 Å². The molecule has 1 fully saturated rings. The standard InChI is InChI=1S/C15H12N2O2S/c1-10-7-11(8-13-14(18)16-15(19)20-13)9-17(10)12-5-3-2-4-6-12/h2-9H,1H3,(H,16,18,19)/b13-8-. The predicted molar refractivity (Wildman–Crippen MR) is 79.6 cm³/mol. The lowest BCUT2D eigenvalue weighted by Gasteiger charge is -2.04. The van der Waals surface area contributed by atoms with E-state index in [2.05, 4.69) is 5.32 Å². The molecule has 2 amide bonds. The minimum absolute atomic E-state index is 0.319. The molecule has 0 radical (unpaired) electrons. The molecule has 0 atom stereocenters. The Morgan fingerprint density at radius 3 is 2.60 bits per heavy atom. The summed E-state index contributed by atoms with van der Waals surface area (Å²) in [4.78, 5) is 23.1. The molecule has 0 bridgehead atoms. The van der Waals surface area contributed by atoms with Gasteiger partial charge >= 0.3 is 0 Å². The van der Waals surface area contributed by atoms with Gasteiger partial charge in [-0.1, -0.05) is 18.2 Å². The normalized spacial score (nSPS) is 16.8. The topological polar surface area (TPSA) is 51.1 Å². The maximum Gasteiger partial charge on any atom is 0.290 e. The van der Waals surface area contributed by atoms with Crippen molar-refractivity contribution in [3.05, 3.63) is 58.8 Å². The average Bonchev–Trinajstić information content (AvgIpc) is 2.94. The van der Waals surface area contributed by atoms with E-state index in [-0.39, 0.29) is 11.1 Å². The second-order valence-electron chi connectivity index (χ2n) is 4.47. The van der Waals surface area contributed by atoms with Gasteiger partial charge in [0.2, 0.25) is 0 Å². The van der Waals surface area contributed by atoms with E-state index in [1.165, 1.54) is 0 Å². The lowest BCUT2D eigenvalue weighted by atomic mass is 10.3. The van der Waals surface area contributed by atoms with Crippen molar-refractivity contribution in [2.45, 2.75) is 6.92 Å². The first-order chi connectivity index (χ1) is 9.63. The number of carbonyl (C=O) groups excluding carboxylic acids is 2. The van der Waals surface area contributed by atoms with Gasteiger partial charge in [-0.2, -0.15) is 0 Å².